The van der Waals surface area contributed by atoms with E-state index in [0.29, 0.717) is 18.4 Å². The first-order valence-corrected chi connectivity index (χ1v) is 8.14. The first kappa shape index (κ1) is 17.3. The summed E-state index contributed by atoms with van der Waals surface area (Å²) in [5.74, 6) is -4.34. The van der Waals surface area contributed by atoms with Crippen molar-refractivity contribution in [3.8, 4) is 17.6 Å². The highest BCUT2D eigenvalue weighted by molar-refractivity contribution is 7.89. The lowest BCUT2D eigenvalue weighted by Gasteiger charge is -2.10. The standard InChI is InChI=1S/C14H9F2N3O4S/c1-24(21,22)19-14(20)8-5-10(16)13(6-9(8)15)23-12-3-2-4-18-11(12)7-17/h2-6H,1H3,(H,19,20). The molecule has 10 heteroatoms. The quantitative estimate of drug-likeness (QED) is 0.896. The molecule has 1 heterocycles. The molecule has 0 aliphatic rings. The van der Waals surface area contributed by atoms with Gasteiger partial charge in [0.25, 0.3) is 5.91 Å². The molecule has 124 valence electrons. The maximum atomic E-state index is 14.0. The molecule has 0 fully saturated rings. The number of nitrogens with zero attached hydrogens (tertiary/aromatic N) is 2. The molecule has 0 radical (unpaired) electrons. The molecule has 0 aliphatic heterocycles. The molecule has 2 rings (SSSR count). The molecule has 1 N–H and O–H groups in total. The van der Waals surface area contributed by atoms with E-state index < -0.39 is 38.9 Å². The van der Waals surface area contributed by atoms with Crippen LogP contribution in [0.3, 0.4) is 0 Å². The number of nitriles is 1. The Bertz CT molecular complexity index is 955. The molecule has 0 aliphatic carbocycles. The molecule has 0 spiro atoms. The van der Waals surface area contributed by atoms with Crippen LogP contribution in [0.5, 0.6) is 11.5 Å². The van der Waals surface area contributed by atoms with Crippen LogP contribution in [0.2, 0.25) is 0 Å². The van der Waals surface area contributed by atoms with Crippen molar-refractivity contribution in [2.75, 3.05) is 6.26 Å². The van der Waals surface area contributed by atoms with Gasteiger partial charge in [-0.25, -0.2) is 26.9 Å². The number of amides is 1. The van der Waals surface area contributed by atoms with Gasteiger partial charge in [0.1, 0.15) is 11.9 Å². The Balaban J connectivity index is 2.37. The van der Waals surface area contributed by atoms with Gasteiger partial charge in [0.15, 0.2) is 23.0 Å². The van der Waals surface area contributed by atoms with Crippen LogP contribution in [0.25, 0.3) is 0 Å². The van der Waals surface area contributed by atoms with E-state index in [9.17, 15) is 22.0 Å². The van der Waals surface area contributed by atoms with E-state index in [2.05, 4.69) is 4.98 Å². The van der Waals surface area contributed by atoms with Gasteiger partial charge < -0.3 is 4.74 Å². The number of carbonyl (C=O) groups is 1. The van der Waals surface area contributed by atoms with Gasteiger partial charge in [0.05, 0.1) is 11.8 Å². The lowest BCUT2D eigenvalue weighted by molar-refractivity contribution is 0.0977. The minimum absolute atomic E-state index is 0.105. The van der Waals surface area contributed by atoms with Crippen LogP contribution < -0.4 is 9.46 Å². The minimum atomic E-state index is -3.93. The number of pyridine rings is 1. The monoisotopic (exact) mass is 353 g/mol. The summed E-state index contributed by atoms with van der Waals surface area (Å²) in [4.78, 5) is 15.3. The first-order valence-electron chi connectivity index (χ1n) is 6.25. The van der Waals surface area contributed by atoms with E-state index in [1.54, 1.807) is 6.07 Å². The molecule has 0 bridgehead atoms. The molecule has 1 amide bonds. The van der Waals surface area contributed by atoms with Gasteiger partial charge in [0.2, 0.25) is 10.0 Å². The van der Waals surface area contributed by atoms with Gasteiger partial charge in [-0.2, -0.15) is 5.26 Å². The van der Waals surface area contributed by atoms with Gasteiger partial charge >= 0.3 is 0 Å². The van der Waals surface area contributed by atoms with Crippen molar-refractivity contribution in [1.29, 1.82) is 5.26 Å². The number of aromatic nitrogens is 1. The van der Waals surface area contributed by atoms with E-state index in [1.165, 1.54) is 23.1 Å². The third-order valence-corrected chi connectivity index (χ3v) is 3.20. The highest BCUT2D eigenvalue weighted by atomic mass is 32.2. The van der Waals surface area contributed by atoms with Gasteiger partial charge in [-0.1, -0.05) is 0 Å². The highest BCUT2D eigenvalue weighted by Crippen LogP contribution is 2.28. The van der Waals surface area contributed by atoms with E-state index in [-0.39, 0.29) is 11.4 Å². The molecular formula is C14H9F2N3O4S. The van der Waals surface area contributed by atoms with Gasteiger partial charge in [0, 0.05) is 12.3 Å². The van der Waals surface area contributed by atoms with Crippen LogP contribution in [-0.4, -0.2) is 25.6 Å². The van der Waals surface area contributed by atoms with Crippen molar-refractivity contribution in [2.24, 2.45) is 0 Å². The molecule has 0 unspecified atom stereocenters. The Labute approximate surface area is 135 Å². The number of benzene rings is 1. The van der Waals surface area contributed by atoms with Crippen LogP contribution >= 0.6 is 0 Å². The number of ether oxygens (including phenoxy) is 1. The summed E-state index contributed by atoms with van der Waals surface area (Å²) in [6.45, 7) is 0. The molecule has 0 saturated carbocycles. The Kier molecular flexibility index (Phi) is 4.75. The molecule has 24 heavy (non-hydrogen) atoms. The largest absolute Gasteiger partial charge is 0.451 e. The highest BCUT2D eigenvalue weighted by Gasteiger charge is 2.20. The Hall–Kier alpha value is -3.06. The molecular weight excluding hydrogens is 344 g/mol. The van der Waals surface area contributed by atoms with Crippen LogP contribution in [0.4, 0.5) is 8.78 Å². The Morgan fingerprint density at radius 1 is 1.29 bits per heavy atom. The summed E-state index contributed by atoms with van der Waals surface area (Å²) in [7, 11) is -3.93. The molecule has 7 nitrogen and oxygen atoms in total. The molecule has 2 aromatic rings. The second-order valence-corrected chi connectivity index (χ2v) is 6.28. The van der Waals surface area contributed by atoms with Crippen molar-refractivity contribution in [3.63, 3.8) is 0 Å². The Morgan fingerprint density at radius 3 is 2.62 bits per heavy atom. The smallest absolute Gasteiger partial charge is 0.267 e. The summed E-state index contributed by atoms with van der Waals surface area (Å²) >= 11 is 0. The normalized spacial score (nSPS) is 10.8. The maximum Gasteiger partial charge on any atom is 0.267 e. The van der Waals surface area contributed by atoms with Gasteiger partial charge in [-0.3, -0.25) is 4.79 Å². The maximum absolute atomic E-state index is 14.0. The van der Waals surface area contributed by atoms with Gasteiger partial charge in [-0.15, -0.1) is 0 Å². The second-order valence-electron chi connectivity index (χ2n) is 4.53. The summed E-state index contributed by atoms with van der Waals surface area (Å²) in [6, 6.07) is 5.54. The number of hydrogen-bond donors (Lipinski definition) is 1. The fourth-order valence-corrected chi connectivity index (χ4v) is 2.13. The fraction of sp³-hybridized carbons (Fsp3) is 0.0714. The number of rotatable bonds is 4. The van der Waals surface area contributed by atoms with Crippen molar-refractivity contribution in [2.45, 2.75) is 0 Å². The lowest BCUT2D eigenvalue weighted by atomic mass is 10.2. The molecule has 0 saturated heterocycles. The van der Waals surface area contributed by atoms with Crippen LogP contribution in [0.15, 0.2) is 30.5 Å². The number of hydrogen-bond acceptors (Lipinski definition) is 6. The zero-order valence-corrected chi connectivity index (χ0v) is 12.9. The molecule has 1 aromatic carbocycles. The predicted molar refractivity (Wildman–Crippen MR) is 77.7 cm³/mol. The third kappa shape index (κ3) is 4.02. The average molecular weight is 353 g/mol. The van der Waals surface area contributed by atoms with E-state index >= 15 is 0 Å². The number of sulfonamides is 1. The minimum Gasteiger partial charge on any atom is -0.451 e. The van der Waals surface area contributed by atoms with Crippen molar-refractivity contribution < 1.29 is 26.7 Å². The number of halogens is 2. The molecule has 0 atom stereocenters. The predicted octanol–water partition coefficient (Wildman–Crippen LogP) is 1.71. The number of carbonyl (C=O) groups excluding carboxylic acids is 1. The fourth-order valence-electron chi connectivity index (χ4n) is 1.68. The second kappa shape index (κ2) is 6.59. The molecule has 1 aromatic heterocycles. The summed E-state index contributed by atoms with van der Waals surface area (Å²) in [5, 5.41) is 8.88. The summed E-state index contributed by atoms with van der Waals surface area (Å²) < 4.78 is 56.6. The van der Waals surface area contributed by atoms with Crippen molar-refractivity contribution >= 4 is 15.9 Å². The Morgan fingerprint density at radius 2 is 2.00 bits per heavy atom. The summed E-state index contributed by atoms with van der Waals surface area (Å²) in [5.41, 5.74) is -0.951. The zero-order chi connectivity index (χ0) is 17.9. The van der Waals surface area contributed by atoms with E-state index in [0.717, 1.165) is 0 Å². The van der Waals surface area contributed by atoms with Crippen molar-refractivity contribution in [1.82, 2.24) is 9.71 Å². The van der Waals surface area contributed by atoms with E-state index in [1.807, 2.05) is 0 Å². The van der Waals surface area contributed by atoms with Crippen molar-refractivity contribution in [3.05, 3.63) is 53.4 Å². The average Bonchev–Trinajstić information content (AvgIpc) is 2.49. The van der Waals surface area contributed by atoms with Crippen LogP contribution in [0.1, 0.15) is 16.1 Å². The topological polar surface area (TPSA) is 109 Å². The number of nitrogens with one attached hydrogen (secondary N) is 1. The lowest BCUT2D eigenvalue weighted by Crippen LogP contribution is -2.30. The van der Waals surface area contributed by atoms with Crippen LogP contribution in [0, 0.1) is 23.0 Å². The SMILES string of the molecule is CS(=O)(=O)NC(=O)c1cc(F)c(Oc2cccnc2C#N)cc1F. The first-order chi connectivity index (χ1) is 11.2. The van der Waals surface area contributed by atoms with Gasteiger partial charge in [-0.05, 0) is 18.2 Å². The zero-order valence-electron chi connectivity index (χ0n) is 12.1. The van der Waals surface area contributed by atoms with Crippen LogP contribution in [-0.2, 0) is 10.0 Å². The summed E-state index contributed by atoms with van der Waals surface area (Å²) in [6.07, 6.45) is 2.02. The van der Waals surface area contributed by atoms with E-state index in [4.69, 9.17) is 10.00 Å². The third-order valence-electron chi connectivity index (χ3n) is 2.64.